The van der Waals surface area contributed by atoms with Crippen LogP contribution in [-0.4, -0.2) is 21.9 Å². The summed E-state index contributed by atoms with van der Waals surface area (Å²) in [5, 5.41) is 11.5. The fourth-order valence-corrected chi connectivity index (χ4v) is 4.23. The Kier molecular flexibility index (Phi) is 5.92. The van der Waals surface area contributed by atoms with Crippen molar-refractivity contribution in [2.45, 2.75) is 57.2 Å². The number of aliphatic hydroxyl groups is 1. The molecular weight excluding hydrogens is 394 g/mol. The van der Waals surface area contributed by atoms with Crippen molar-refractivity contribution in [3.05, 3.63) is 77.2 Å². The molecule has 30 heavy (non-hydrogen) atoms. The van der Waals surface area contributed by atoms with Crippen LogP contribution in [0.2, 0.25) is 0 Å². The Bertz CT molecular complexity index is 1040. The van der Waals surface area contributed by atoms with E-state index in [1.54, 1.807) is 38.1 Å². The molecule has 0 bridgehead atoms. The Balaban J connectivity index is 2.04. The number of hydrogen-bond acceptors (Lipinski definition) is 2. The third kappa shape index (κ3) is 4.33. The standard InChI is InChI=1S/C24H25F4NO/c1-4-16-13-18(25)9-10-20(16)22(2,3)15-23(30,24(26,27)28)14-17-11-12-29-21-8-6-5-7-19(17)21/h5-13,30H,4,14-15H2,1-3H3. The monoisotopic (exact) mass is 419 g/mol. The van der Waals surface area contributed by atoms with Gasteiger partial charge >= 0.3 is 6.18 Å². The van der Waals surface area contributed by atoms with Crippen LogP contribution in [0, 0.1) is 5.82 Å². The average Bonchev–Trinajstić information content (AvgIpc) is 2.66. The quantitative estimate of drug-likeness (QED) is 0.487. The first-order valence-electron chi connectivity index (χ1n) is 9.87. The topological polar surface area (TPSA) is 33.1 Å². The number of pyridine rings is 1. The summed E-state index contributed by atoms with van der Waals surface area (Å²) in [4.78, 5) is 4.19. The molecule has 0 aliphatic carbocycles. The first-order chi connectivity index (χ1) is 14.0. The maximum absolute atomic E-state index is 14.2. The van der Waals surface area contributed by atoms with Gasteiger partial charge in [-0.3, -0.25) is 4.98 Å². The van der Waals surface area contributed by atoms with Crippen LogP contribution in [0.1, 0.15) is 43.9 Å². The second kappa shape index (κ2) is 7.99. The third-order valence-electron chi connectivity index (χ3n) is 5.66. The van der Waals surface area contributed by atoms with Gasteiger partial charge in [-0.2, -0.15) is 13.2 Å². The molecule has 0 radical (unpaired) electrons. The van der Waals surface area contributed by atoms with Crippen LogP contribution in [0.15, 0.2) is 54.7 Å². The van der Waals surface area contributed by atoms with Crippen molar-refractivity contribution in [3.8, 4) is 0 Å². The Morgan fingerprint density at radius 3 is 2.33 bits per heavy atom. The number of nitrogens with zero attached hydrogens (tertiary/aromatic N) is 1. The molecule has 0 aliphatic heterocycles. The maximum atomic E-state index is 14.2. The molecule has 0 saturated carbocycles. The number of alkyl halides is 3. The molecule has 0 aliphatic rings. The Morgan fingerprint density at radius 2 is 1.67 bits per heavy atom. The lowest BCUT2D eigenvalue weighted by Gasteiger charge is -2.39. The van der Waals surface area contributed by atoms with E-state index < -0.39 is 35.9 Å². The summed E-state index contributed by atoms with van der Waals surface area (Å²) >= 11 is 0. The van der Waals surface area contributed by atoms with Gasteiger partial charge in [0.25, 0.3) is 0 Å². The lowest BCUT2D eigenvalue weighted by Crippen LogP contribution is -2.51. The van der Waals surface area contributed by atoms with E-state index in [0.717, 1.165) is 0 Å². The highest BCUT2D eigenvalue weighted by atomic mass is 19.4. The summed E-state index contributed by atoms with van der Waals surface area (Å²) < 4.78 is 56.1. The van der Waals surface area contributed by atoms with Crippen LogP contribution in [-0.2, 0) is 18.3 Å². The van der Waals surface area contributed by atoms with Gasteiger partial charge in [-0.05, 0) is 59.2 Å². The van der Waals surface area contributed by atoms with E-state index in [1.807, 2.05) is 6.92 Å². The number of para-hydroxylation sites is 1. The number of halogens is 4. The van der Waals surface area contributed by atoms with Gasteiger partial charge in [0.05, 0.1) is 5.52 Å². The van der Waals surface area contributed by atoms with E-state index >= 15 is 0 Å². The fraction of sp³-hybridized carbons (Fsp3) is 0.375. The van der Waals surface area contributed by atoms with E-state index in [-0.39, 0.29) is 0 Å². The highest BCUT2D eigenvalue weighted by Crippen LogP contribution is 2.44. The molecule has 0 amide bonds. The maximum Gasteiger partial charge on any atom is 0.417 e. The van der Waals surface area contributed by atoms with E-state index in [9.17, 15) is 22.7 Å². The first kappa shape index (κ1) is 22.2. The molecule has 0 spiro atoms. The molecule has 1 atom stereocenters. The molecule has 1 unspecified atom stereocenters. The molecule has 3 rings (SSSR count). The summed E-state index contributed by atoms with van der Waals surface area (Å²) in [6.07, 6.45) is -4.06. The van der Waals surface area contributed by atoms with Gasteiger partial charge in [0.1, 0.15) is 5.82 Å². The average molecular weight is 419 g/mol. The molecule has 0 saturated heterocycles. The van der Waals surface area contributed by atoms with Crippen LogP contribution in [0.4, 0.5) is 17.6 Å². The number of aromatic nitrogens is 1. The van der Waals surface area contributed by atoms with Gasteiger partial charge in [-0.1, -0.05) is 45.0 Å². The van der Waals surface area contributed by atoms with Crippen molar-refractivity contribution < 1.29 is 22.7 Å². The molecule has 3 aromatic rings. The van der Waals surface area contributed by atoms with Crippen molar-refractivity contribution in [3.63, 3.8) is 0 Å². The number of aryl methyl sites for hydroxylation is 1. The van der Waals surface area contributed by atoms with E-state index in [0.29, 0.717) is 34.0 Å². The van der Waals surface area contributed by atoms with Crippen molar-refractivity contribution in [2.75, 3.05) is 0 Å². The third-order valence-corrected chi connectivity index (χ3v) is 5.66. The van der Waals surface area contributed by atoms with E-state index in [1.165, 1.54) is 30.5 Å². The SMILES string of the molecule is CCc1cc(F)ccc1C(C)(C)CC(O)(Cc1ccnc2ccccc12)C(F)(F)F. The molecule has 1 aromatic heterocycles. The number of hydrogen-bond donors (Lipinski definition) is 1. The zero-order chi connectivity index (χ0) is 22.2. The van der Waals surface area contributed by atoms with Crippen molar-refractivity contribution in [1.82, 2.24) is 4.98 Å². The Hall–Kier alpha value is -2.47. The van der Waals surface area contributed by atoms with Crippen LogP contribution < -0.4 is 0 Å². The van der Waals surface area contributed by atoms with Gasteiger partial charge in [-0.25, -0.2) is 4.39 Å². The summed E-state index contributed by atoms with van der Waals surface area (Å²) in [5.41, 5.74) is -1.80. The second-order valence-electron chi connectivity index (χ2n) is 8.41. The number of rotatable bonds is 6. The van der Waals surface area contributed by atoms with Crippen molar-refractivity contribution in [2.24, 2.45) is 0 Å². The molecule has 160 valence electrons. The lowest BCUT2D eigenvalue weighted by molar-refractivity contribution is -0.266. The van der Waals surface area contributed by atoms with Gasteiger partial charge in [0, 0.05) is 18.0 Å². The second-order valence-corrected chi connectivity index (χ2v) is 8.41. The van der Waals surface area contributed by atoms with E-state index in [4.69, 9.17) is 0 Å². The largest absolute Gasteiger partial charge is 0.417 e. The molecule has 6 heteroatoms. The normalized spacial score (nSPS) is 14.7. The molecule has 0 fully saturated rings. The van der Waals surface area contributed by atoms with Gasteiger partial charge in [0.2, 0.25) is 0 Å². The van der Waals surface area contributed by atoms with Crippen LogP contribution >= 0.6 is 0 Å². The Morgan fingerprint density at radius 1 is 0.967 bits per heavy atom. The number of fused-ring (bicyclic) bond motifs is 1. The minimum atomic E-state index is -4.85. The summed E-state index contributed by atoms with van der Waals surface area (Å²) in [7, 11) is 0. The zero-order valence-electron chi connectivity index (χ0n) is 17.2. The fourth-order valence-electron chi connectivity index (χ4n) is 4.23. The van der Waals surface area contributed by atoms with Crippen LogP contribution in [0.3, 0.4) is 0 Å². The minimum Gasteiger partial charge on any atom is -0.380 e. The van der Waals surface area contributed by atoms with Gasteiger partial charge in [-0.15, -0.1) is 0 Å². The van der Waals surface area contributed by atoms with Crippen LogP contribution in [0.5, 0.6) is 0 Å². The number of benzene rings is 2. The molecule has 1 heterocycles. The van der Waals surface area contributed by atoms with Crippen molar-refractivity contribution in [1.29, 1.82) is 0 Å². The smallest absolute Gasteiger partial charge is 0.380 e. The highest BCUT2D eigenvalue weighted by molar-refractivity contribution is 5.81. The van der Waals surface area contributed by atoms with Gasteiger partial charge in [0.15, 0.2) is 5.60 Å². The summed E-state index contributed by atoms with van der Waals surface area (Å²) in [5.74, 6) is -0.430. The van der Waals surface area contributed by atoms with Gasteiger partial charge < -0.3 is 5.11 Å². The van der Waals surface area contributed by atoms with E-state index in [2.05, 4.69) is 4.98 Å². The lowest BCUT2D eigenvalue weighted by atomic mass is 9.71. The summed E-state index contributed by atoms with van der Waals surface area (Å²) in [6, 6.07) is 12.6. The van der Waals surface area contributed by atoms with Crippen molar-refractivity contribution >= 4 is 10.9 Å². The Labute approximate surface area is 173 Å². The highest BCUT2D eigenvalue weighted by Gasteiger charge is 2.56. The predicted molar refractivity (Wildman–Crippen MR) is 110 cm³/mol. The minimum absolute atomic E-state index is 0.381. The van der Waals surface area contributed by atoms with Crippen LogP contribution in [0.25, 0.3) is 10.9 Å². The molecule has 1 N–H and O–H groups in total. The molecule has 2 aromatic carbocycles. The zero-order valence-corrected chi connectivity index (χ0v) is 17.2. The first-order valence-corrected chi connectivity index (χ1v) is 9.87. The predicted octanol–water partition coefficient (Wildman–Crippen LogP) is 6.14. The molecule has 2 nitrogen and oxygen atoms in total. The summed E-state index contributed by atoms with van der Waals surface area (Å²) in [6.45, 7) is 5.13. The molecular formula is C24H25F4NO.